The van der Waals surface area contributed by atoms with Crippen molar-refractivity contribution in [3.05, 3.63) is 52.4 Å². The molecular formula is C17H16BrNO5. The Kier molecular flexibility index (Phi) is 4.89. The number of halogens is 1. The number of amides is 1. The van der Waals surface area contributed by atoms with E-state index in [1.165, 1.54) is 4.90 Å². The van der Waals surface area contributed by atoms with Gasteiger partial charge in [-0.05, 0) is 43.2 Å². The fourth-order valence-corrected chi connectivity index (χ4v) is 3.07. The van der Waals surface area contributed by atoms with Crippen LogP contribution in [0.3, 0.4) is 0 Å². The van der Waals surface area contributed by atoms with Crippen LogP contribution in [0, 0.1) is 0 Å². The molecule has 0 saturated carbocycles. The minimum absolute atomic E-state index is 0.135. The van der Waals surface area contributed by atoms with Gasteiger partial charge in [-0.1, -0.05) is 22.0 Å². The van der Waals surface area contributed by atoms with Crippen LogP contribution in [0.15, 0.2) is 45.3 Å². The molecule has 0 bridgehead atoms. The Bertz CT molecular complexity index is 757. The number of hydrogen-bond acceptors (Lipinski definition) is 4. The molecule has 7 heteroatoms. The third kappa shape index (κ3) is 3.62. The summed E-state index contributed by atoms with van der Waals surface area (Å²) in [4.78, 5) is 25.0. The van der Waals surface area contributed by atoms with Crippen LogP contribution in [0.25, 0.3) is 0 Å². The maximum atomic E-state index is 12.4. The quantitative estimate of drug-likeness (QED) is 0.842. The molecule has 1 aromatic heterocycles. The molecule has 24 heavy (non-hydrogen) atoms. The summed E-state index contributed by atoms with van der Waals surface area (Å²) < 4.78 is 12.0. The number of carboxylic acid groups (broad SMARTS) is 1. The number of carbonyl (C=O) groups excluding carboxylic acids is 1. The molecule has 2 aromatic rings. The number of benzene rings is 1. The molecule has 0 spiro atoms. The Morgan fingerprint density at radius 2 is 2.17 bits per heavy atom. The lowest BCUT2D eigenvalue weighted by Gasteiger charge is -2.19. The number of furan rings is 1. The van der Waals surface area contributed by atoms with E-state index in [1.807, 2.05) is 24.3 Å². The molecule has 1 atom stereocenters. The molecule has 3 rings (SSSR count). The number of rotatable bonds is 5. The molecule has 1 aromatic carbocycles. The monoisotopic (exact) mass is 393 g/mol. The maximum absolute atomic E-state index is 12.4. The van der Waals surface area contributed by atoms with Gasteiger partial charge < -0.3 is 19.2 Å². The highest BCUT2D eigenvalue weighted by molar-refractivity contribution is 9.10. The molecule has 2 heterocycles. The first-order chi connectivity index (χ1) is 11.5. The minimum atomic E-state index is -0.981. The molecular weight excluding hydrogens is 378 g/mol. The Morgan fingerprint density at radius 3 is 2.92 bits per heavy atom. The third-order valence-corrected chi connectivity index (χ3v) is 4.34. The van der Waals surface area contributed by atoms with Crippen LogP contribution in [-0.2, 0) is 11.4 Å². The zero-order valence-electron chi connectivity index (χ0n) is 12.8. The van der Waals surface area contributed by atoms with Crippen LogP contribution in [-0.4, -0.2) is 34.5 Å². The Labute approximate surface area is 147 Å². The molecule has 6 nitrogen and oxygen atoms in total. The van der Waals surface area contributed by atoms with Gasteiger partial charge in [-0.25, -0.2) is 4.79 Å². The van der Waals surface area contributed by atoms with Crippen LogP contribution in [0.2, 0.25) is 0 Å². The predicted octanol–water partition coefficient (Wildman–Crippen LogP) is 3.31. The van der Waals surface area contributed by atoms with Crippen LogP contribution < -0.4 is 4.74 Å². The fourth-order valence-electron chi connectivity index (χ4n) is 2.69. The largest absolute Gasteiger partial charge is 0.486 e. The van der Waals surface area contributed by atoms with Gasteiger partial charge in [0.25, 0.3) is 5.91 Å². The lowest BCUT2D eigenvalue weighted by molar-refractivity contribution is -0.141. The van der Waals surface area contributed by atoms with Crippen molar-refractivity contribution in [2.45, 2.75) is 25.5 Å². The van der Waals surface area contributed by atoms with Crippen LogP contribution in [0.4, 0.5) is 0 Å². The lowest BCUT2D eigenvalue weighted by Crippen LogP contribution is -2.40. The molecule has 1 amide bonds. The summed E-state index contributed by atoms with van der Waals surface area (Å²) in [5, 5.41) is 9.17. The van der Waals surface area contributed by atoms with Gasteiger partial charge >= 0.3 is 5.97 Å². The van der Waals surface area contributed by atoms with Crippen molar-refractivity contribution in [3.8, 4) is 5.75 Å². The van der Waals surface area contributed by atoms with Crippen molar-refractivity contribution >= 4 is 27.8 Å². The average Bonchev–Trinajstić information content (AvgIpc) is 3.22. The van der Waals surface area contributed by atoms with Gasteiger partial charge in [-0.15, -0.1) is 0 Å². The number of ether oxygens (including phenoxy) is 1. The summed E-state index contributed by atoms with van der Waals surface area (Å²) in [6.45, 7) is 0.618. The van der Waals surface area contributed by atoms with Gasteiger partial charge in [0, 0.05) is 11.0 Å². The zero-order chi connectivity index (χ0) is 17.1. The number of carboxylic acids is 1. The first kappa shape index (κ1) is 16.6. The maximum Gasteiger partial charge on any atom is 0.326 e. The summed E-state index contributed by atoms with van der Waals surface area (Å²) in [6.07, 6.45) is 1.16. The predicted molar refractivity (Wildman–Crippen MR) is 88.9 cm³/mol. The Balaban J connectivity index is 1.64. The van der Waals surface area contributed by atoms with E-state index in [-0.39, 0.29) is 12.4 Å². The smallest absolute Gasteiger partial charge is 0.326 e. The first-order valence-corrected chi connectivity index (χ1v) is 8.35. The summed E-state index contributed by atoms with van der Waals surface area (Å²) in [7, 11) is 0. The van der Waals surface area contributed by atoms with E-state index in [0.29, 0.717) is 30.9 Å². The van der Waals surface area contributed by atoms with E-state index in [2.05, 4.69) is 15.9 Å². The molecule has 0 unspecified atom stereocenters. The molecule has 1 aliphatic heterocycles. The van der Waals surface area contributed by atoms with Crippen LogP contribution in [0.1, 0.15) is 29.2 Å². The number of carbonyl (C=O) groups is 2. The molecule has 0 radical (unpaired) electrons. The van der Waals surface area contributed by atoms with Crippen LogP contribution in [0.5, 0.6) is 5.75 Å². The van der Waals surface area contributed by atoms with Gasteiger partial charge in [0.15, 0.2) is 5.76 Å². The number of likely N-dealkylation sites (tertiary alicyclic amines) is 1. The fraction of sp³-hybridized carbons (Fsp3) is 0.294. The van der Waals surface area contributed by atoms with Crippen molar-refractivity contribution < 1.29 is 23.8 Å². The molecule has 1 saturated heterocycles. The van der Waals surface area contributed by atoms with Crippen molar-refractivity contribution in [2.24, 2.45) is 0 Å². The Hall–Kier alpha value is -2.28. The summed E-state index contributed by atoms with van der Waals surface area (Å²) in [6, 6.07) is 9.85. The van der Waals surface area contributed by atoms with Gasteiger partial charge in [0.1, 0.15) is 24.2 Å². The second-order valence-corrected chi connectivity index (χ2v) is 6.42. The molecule has 1 N–H and O–H groups in total. The van der Waals surface area contributed by atoms with E-state index in [0.717, 1.165) is 4.47 Å². The number of hydrogen-bond donors (Lipinski definition) is 1. The second-order valence-electron chi connectivity index (χ2n) is 5.51. The van der Waals surface area contributed by atoms with E-state index >= 15 is 0 Å². The highest BCUT2D eigenvalue weighted by Gasteiger charge is 2.35. The molecule has 126 valence electrons. The van der Waals surface area contributed by atoms with Gasteiger partial charge in [-0.2, -0.15) is 0 Å². The SMILES string of the molecule is O=C(O)[C@@H]1CCCN1C(=O)c1ccc(COc2cccc(Br)c2)o1. The Morgan fingerprint density at radius 1 is 1.33 bits per heavy atom. The van der Waals surface area contributed by atoms with Crippen molar-refractivity contribution in [3.63, 3.8) is 0 Å². The summed E-state index contributed by atoms with van der Waals surface area (Å²) >= 11 is 3.36. The van der Waals surface area contributed by atoms with Crippen molar-refractivity contribution in [2.75, 3.05) is 6.54 Å². The standard InChI is InChI=1S/C17H16BrNO5/c18-11-3-1-4-12(9-11)23-10-13-6-7-15(24-13)16(20)19-8-2-5-14(19)17(21)22/h1,3-4,6-7,9,14H,2,5,8,10H2,(H,21,22)/t14-/m0/s1. The second kappa shape index (κ2) is 7.09. The molecule has 1 aliphatic rings. The lowest BCUT2D eigenvalue weighted by atomic mass is 10.2. The van der Waals surface area contributed by atoms with E-state index in [4.69, 9.17) is 14.3 Å². The first-order valence-electron chi connectivity index (χ1n) is 7.55. The van der Waals surface area contributed by atoms with Gasteiger partial charge in [-0.3, -0.25) is 4.79 Å². The van der Waals surface area contributed by atoms with Gasteiger partial charge in [0.05, 0.1) is 0 Å². The van der Waals surface area contributed by atoms with E-state index < -0.39 is 17.9 Å². The topological polar surface area (TPSA) is 80.0 Å². The highest BCUT2D eigenvalue weighted by atomic mass is 79.9. The van der Waals surface area contributed by atoms with E-state index in [1.54, 1.807) is 12.1 Å². The normalized spacial score (nSPS) is 17.0. The van der Waals surface area contributed by atoms with Crippen LogP contribution >= 0.6 is 15.9 Å². The minimum Gasteiger partial charge on any atom is -0.486 e. The van der Waals surface area contributed by atoms with Crippen molar-refractivity contribution in [1.82, 2.24) is 4.90 Å². The highest BCUT2D eigenvalue weighted by Crippen LogP contribution is 2.23. The number of aliphatic carboxylic acids is 1. The molecule has 1 fully saturated rings. The van der Waals surface area contributed by atoms with Gasteiger partial charge in [0.2, 0.25) is 0 Å². The summed E-state index contributed by atoms with van der Waals surface area (Å²) in [5.41, 5.74) is 0. The average molecular weight is 394 g/mol. The number of nitrogens with zero attached hydrogens (tertiary/aromatic N) is 1. The van der Waals surface area contributed by atoms with E-state index in [9.17, 15) is 9.59 Å². The van der Waals surface area contributed by atoms with Crippen molar-refractivity contribution in [1.29, 1.82) is 0 Å². The summed E-state index contributed by atoms with van der Waals surface area (Å²) in [5.74, 6) is -0.0567. The third-order valence-electron chi connectivity index (χ3n) is 3.85. The molecule has 0 aliphatic carbocycles. The zero-order valence-corrected chi connectivity index (χ0v) is 14.4.